The summed E-state index contributed by atoms with van der Waals surface area (Å²) in [6.07, 6.45) is -2.87. The van der Waals surface area contributed by atoms with E-state index >= 15 is 0 Å². The number of carboxylic acids is 1. The van der Waals surface area contributed by atoms with E-state index in [0.29, 0.717) is 0 Å². The molecule has 3 nitrogen and oxygen atoms in total. The number of alkyl halides is 2. The van der Waals surface area contributed by atoms with Gasteiger partial charge in [-0.1, -0.05) is 11.6 Å². The molecule has 0 amide bonds. The number of aryl methyl sites for hydroxylation is 1. The van der Waals surface area contributed by atoms with Crippen LogP contribution in [0.4, 0.5) is 8.78 Å². The SMILES string of the molecule is Cc1nc(Cl)cc(C(=O)O)c1C(F)F. The van der Waals surface area contributed by atoms with Gasteiger partial charge in [0.05, 0.1) is 11.1 Å². The first-order valence-corrected chi connectivity index (χ1v) is 3.99. The van der Waals surface area contributed by atoms with Crippen molar-refractivity contribution in [1.82, 2.24) is 4.98 Å². The molecule has 0 bridgehead atoms. The molecule has 1 aromatic rings. The van der Waals surface area contributed by atoms with E-state index in [1.165, 1.54) is 6.92 Å². The summed E-state index contributed by atoms with van der Waals surface area (Å²) in [6.45, 7) is 1.29. The average Bonchev–Trinajstić information content (AvgIpc) is 2.01. The number of nitrogens with zero attached hydrogens (tertiary/aromatic N) is 1. The molecule has 0 aromatic carbocycles. The number of pyridine rings is 1. The Hall–Kier alpha value is -1.23. The number of hydrogen-bond donors (Lipinski definition) is 1. The van der Waals surface area contributed by atoms with Gasteiger partial charge >= 0.3 is 5.97 Å². The van der Waals surface area contributed by atoms with Crippen molar-refractivity contribution in [2.24, 2.45) is 0 Å². The normalized spacial score (nSPS) is 10.6. The predicted molar refractivity (Wildman–Crippen MR) is 45.9 cm³/mol. The van der Waals surface area contributed by atoms with Crippen molar-refractivity contribution in [1.29, 1.82) is 0 Å². The maximum absolute atomic E-state index is 12.4. The molecule has 14 heavy (non-hydrogen) atoms. The average molecular weight is 222 g/mol. The van der Waals surface area contributed by atoms with E-state index in [9.17, 15) is 13.6 Å². The molecule has 76 valence electrons. The van der Waals surface area contributed by atoms with Gasteiger partial charge in [0.25, 0.3) is 6.43 Å². The minimum absolute atomic E-state index is 0.0649. The molecule has 0 unspecified atom stereocenters. The van der Waals surface area contributed by atoms with Crippen molar-refractivity contribution in [2.75, 3.05) is 0 Å². The van der Waals surface area contributed by atoms with Crippen LogP contribution >= 0.6 is 11.6 Å². The van der Waals surface area contributed by atoms with E-state index in [0.717, 1.165) is 6.07 Å². The summed E-state index contributed by atoms with van der Waals surface area (Å²) in [6, 6.07) is 0.915. The van der Waals surface area contributed by atoms with Gasteiger partial charge in [-0.3, -0.25) is 0 Å². The van der Waals surface area contributed by atoms with E-state index in [4.69, 9.17) is 16.7 Å². The highest BCUT2D eigenvalue weighted by Crippen LogP contribution is 2.27. The lowest BCUT2D eigenvalue weighted by atomic mass is 10.1. The van der Waals surface area contributed by atoms with Gasteiger partial charge in [-0.05, 0) is 13.0 Å². The van der Waals surface area contributed by atoms with E-state index in [1.807, 2.05) is 0 Å². The highest BCUT2D eigenvalue weighted by atomic mass is 35.5. The van der Waals surface area contributed by atoms with Crippen LogP contribution in [0.5, 0.6) is 0 Å². The van der Waals surface area contributed by atoms with Crippen molar-refractivity contribution in [3.63, 3.8) is 0 Å². The van der Waals surface area contributed by atoms with Crippen LogP contribution in [0, 0.1) is 6.92 Å². The lowest BCUT2D eigenvalue weighted by Crippen LogP contribution is -2.06. The van der Waals surface area contributed by atoms with Crippen LogP contribution in [0.3, 0.4) is 0 Å². The number of aromatic carboxylic acids is 1. The maximum Gasteiger partial charge on any atom is 0.336 e. The van der Waals surface area contributed by atoms with Crippen molar-refractivity contribution < 1.29 is 18.7 Å². The highest BCUT2D eigenvalue weighted by molar-refractivity contribution is 6.29. The zero-order valence-electron chi connectivity index (χ0n) is 7.09. The van der Waals surface area contributed by atoms with E-state index in [2.05, 4.69) is 4.98 Å². The van der Waals surface area contributed by atoms with Gasteiger partial charge in [0.1, 0.15) is 5.15 Å². The molecule has 1 N–H and O–H groups in total. The fraction of sp³-hybridized carbons (Fsp3) is 0.250. The van der Waals surface area contributed by atoms with Crippen molar-refractivity contribution in [3.05, 3.63) is 28.0 Å². The van der Waals surface area contributed by atoms with Gasteiger partial charge in [-0.15, -0.1) is 0 Å². The van der Waals surface area contributed by atoms with Crippen LogP contribution in [0.25, 0.3) is 0 Å². The first kappa shape index (κ1) is 10.8. The molecule has 0 aliphatic rings. The molecule has 6 heteroatoms. The van der Waals surface area contributed by atoms with Crippen molar-refractivity contribution in [3.8, 4) is 0 Å². The molecular formula is C8H6ClF2NO2. The molecule has 1 heterocycles. The first-order valence-electron chi connectivity index (χ1n) is 3.62. The Kier molecular flexibility index (Phi) is 3.00. The minimum Gasteiger partial charge on any atom is -0.478 e. The number of aromatic nitrogens is 1. The number of halogens is 3. The van der Waals surface area contributed by atoms with Crippen LogP contribution in [-0.4, -0.2) is 16.1 Å². The second kappa shape index (κ2) is 3.88. The molecule has 1 aromatic heterocycles. The Bertz CT molecular complexity index is 382. The van der Waals surface area contributed by atoms with Gasteiger partial charge in [0, 0.05) is 5.69 Å². The monoisotopic (exact) mass is 221 g/mol. The molecule has 0 spiro atoms. The quantitative estimate of drug-likeness (QED) is 0.781. The smallest absolute Gasteiger partial charge is 0.336 e. The number of rotatable bonds is 2. The number of carbonyl (C=O) groups is 1. The number of carboxylic acid groups (broad SMARTS) is 1. The lowest BCUT2D eigenvalue weighted by Gasteiger charge is -2.08. The molecule has 0 saturated heterocycles. The van der Waals surface area contributed by atoms with E-state index < -0.39 is 23.5 Å². The van der Waals surface area contributed by atoms with Gasteiger partial charge in [0.2, 0.25) is 0 Å². The third kappa shape index (κ3) is 1.98. The van der Waals surface area contributed by atoms with Crippen LogP contribution < -0.4 is 0 Å². The molecule has 0 aliphatic carbocycles. The standard InChI is InChI=1S/C8H6ClF2NO2/c1-3-6(7(10)11)4(8(13)14)2-5(9)12-3/h2,7H,1H3,(H,13,14). The first-order chi connectivity index (χ1) is 6.43. The van der Waals surface area contributed by atoms with Crippen LogP contribution in [-0.2, 0) is 0 Å². The Morgan fingerprint density at radius 1 is 1.64 bits per heavy atom. The molecule has 0 atom stereocenters. The fourth-order valence-electron chi connectivity index (χ4n) is 1.10. The predicted octanol–water partition coefficient (Wildman–Crippen LogP) is 2.68. The molecule has 0 fully saturated rings. The van der Waals surface area contributed by atoms with Crippen LogP contribution in [0.15, 0.2) is 6.07 Å². The fourth-order valence-corrected chi connectivity index (χ4v) is 1.33. The van der Waals surface area contributed by atoms with Crippen molar-refractivity contribution in [2.45, 2.75) is 13.3 Å². The second-order valence-corrected chi connectivity index (χ2v) is 2.98. The van der Waals surface area contributed by atoms with Crippen molar-refractivity contribution >= 4 is 17.6 Å². The lowest BCUT2D eigenvalue weighted by molar-refractivity contribution is 0.0684. The van der Waals surface area contributed by atoms with E-state index in [-0.39, 0.29) is 10.8 Å². The van der Waals surface area contributed by atoms with Gasteiger partial charge in [-0.2, -0.15) is 0 Å². The van der Waals surface area contributed by atoms with E-state index in [1.54, 1.807) is 0 Å². The number of hydrogen-bond acceptors (Lipinski definition) is 2. The summed E-state index contributed by atoms with van der Waals surface area (Å²) in [4.78, 5) is 14.2. The minimum atomic E-state index is -2.87. The summed E-state index contributed by atoms with van der Waals surface area (Å²) < 4.78 is 24.9. The Balaban J connectivity index is 3.44. The molecule has 0 aliphatic heterocycles. The topological polar surface area (TPSA) is 50.2 Å². The third-order valence-electron chi connectivity index (χ3n) is 1.67. The summed E-state index contributed by atoms with van der Waals surface area (Å²) in [7, 11) is 0. The van der Waals surface area contributed by atoms with Crippen LogP contribution in [0.2, 0.25) is 5.15 Å². The molecular weight excluding hydrogens is 216 g/mol. The summed E-state index contributed by atoms with van der Waals surface area (Å²) in [5, 5.41) is 8.54. The molecule has 0 saturated carbocycles. The molecule has 1 rings (SSSR count). The summed E-state index contributed by atoms with van der Waals surface area (Å²) in [5.41, 5.74) is -1.15. The van der Waals surface area contributed by atoms with Gasteiger partial charge in [0.15, 0.2) is 0 Å². The van der Waals surface area contributed by atoms with Crippen LogP contribution in [0.1, 0.15) is 28.0 Å². The summed E-state index contributed by atoms with van der Waals surface area (Å²) >= 11 is 5.45. The maximum atomic E-state index is 12.4. The molecule has 0 radical (unpaired) electrons. The Morgan fingerprint density at radius 3 is 2.64 bits per heavy atom. The largest absolute Gasteiger partial charge is 0.478 e. The summed E-state index contributed by atoms with van der Waals surface area (Å²) in [5.74, 6) is -1.44. The highest BCUT2D eigenvalue weighted by Gasteiger charge is 2.21. The Morgan fingerprint density at radius 2 is 2.21 bits per heavy atom. The zero-order chi connectivity index (χ0) is 10.9. The van der Waals surface area contributed by atoms with Gasteiger partial charge in [-0.25, -0.2) is 18.6 Å². The third-order valence-corrected chi connectivity index (χ3v) is 1.86. The second-order valence-electron chi connectivity index (χ2n) is 2.60. The van der Waals surface area contributed by atoms with Gasteiger partial charge < -0.3 is 5.11 Å². The Labute approximate surface area is 83.3 Å². The zero-order valence-corrected chi connectivity index (χ0v) is 7.85.